The van der Waals surface area contributed by atoms with Crippen molar-refractivity contribution in [2.45, 2.75) is 17.6 Å². The number of benzene rings is 3. The maximum absolute atomic E-state index is 13.0. The van der Waals surface area contributed by atoms with Crippen molar-refractivity contribution in [2.75, 3.05) is 6.61 Å². The average molecular weight is 517 g/mol. The number of aromatic hydroxyl groups is 1. The first kappa shape index (κ1) is 21.8. The van der Waals surface area contributed by atoms with E-state index in [1.807, 2.05) is 65.2 Å². The summed E-state index contributed by atoms with van der Waals surface area (Å²) in [5.74, 6) is 0.188. The lowest BCUT2D eigenvalue weighted by Crippen LogP contribution is -2.09. The van der Waals surface area contributed by atoms with Crippen LogP contribution < -0.4 is 0 Å². The summed E-state index contributed by atoms with van der Waals surface area (Å²) >= 11 is 11.1. The zero-order chi connectivity index (χ0) is 22.0. The van der Waals surface area contributed by atoms with Gasteiger partial charge in [-0.05, 0) is 71.4 Å². The molecule has 0 radical (unpaired) electrons. The molecule has 4 rings (SSSR count). The molecule has 0 amide bonds. The molecule has 3 aromatic carbocycles. The van der Waals surface area contributed by atoms with Crippen LogP contribution in [0.1, 0.15) is 23.0 Å². The summed E-state index contributed by atoms with van der Waals surface area (Å²) in [7, 11) is 0. The van der Waals surface area contributed by atoms with E-state index in [9.17, 15) is 9.90 Å². The summed E-state index contributed by atoms with van der Waals surface area (Å²) in [5.41, 5.74) is 2.91. The first-order valence-corrected chi connectivity index (χ1v) is 11.8. The number of carbonyl (C=O) groups excluding carboxylic acids is 1. The van der Waals surface area contributed by atoms with E-state index in [1.54, 1.807) is 24.8 Å². The highest BCUT2D eigenvalue weighted by Crippen LogP contribution is 2.39. The largest absolute Gasteiger partial charge is 0.507 e. The van der Waals surface area contributed by atoms with E-state index >= 15 is 0 Å². The molecule has 4 aromatic rings. The second kappa shape index (κ2) is 9.39. The summed E-state index contributed by atoms with van der Waals surface area (Å²) in [6, 6.07) is 20.9. The van der Waals surface area contributed by atoms with Gasteiger partial charge < -0.3 is 14.4 Å². The molecule has 1 heterocycles. The summed E-state index contributed by atoms with van der Waals surface area (Å²) in [5, 5.41) is 11.6. The van der Waals surface area contributed by atoms with Gasteiger partial charge in [-0.1, -0.05) is 29.8 Å². The van der Waals surface area contributed by atoms with E-state index in [-0.39, 0.29) is 12.4 Å². The predicted octanol–water partition coefficient (Wildman–Crippen LogP) is 7.22. The zero-order valence-corrected chi connectivity index (χ0v) is 19.8. The number of carbonyl (C=O) groups is 1. The lowest BCUT2D eigenvalue weighted by molar-refractivity contribution is 0.0527. The molecule has 0 unspecified atom stereocenters. The molecule has 0 fully saturated rings. The first-order chi connectivity index (χ1) is 15.0. The van der Waals surface area contributed by atoms with Gasteiger partial charge in [0.25, 0.3) is 0 Å². The smallest absolute Gasteiger partial charge is 0.340 e. The van der Waals surface area contributed by atoms with E-state index in [0.29, 0.717) is 26.2 Å². The number of fused-ring (bicyclic) bond motifs is 1. The third kappa shape index (κ3) is 4.47. The molecule has 0 atom stereocenters. The number of rotatable bonds is 6. The molecule has 7 heteroatoms. The number of aromatic nitrogens is 1. The fourth-order valence-electron chi connectivity index (χ4n) is 3.47. The van der Waals surface area contributed by atoms with E-state index in [4.69, 9.17) is 16.3 Å². The number of thioether (sulfide) groups is 1. The molecule has 0 bridgehead atoms. The van der Waals surface area contributed by atoms with Crippen molar-refractivity contribution < 1.29 is 14.6 Å². The number of phenols is 1. The molecule has 4 nitrogen and oxygen atoms in total. The van der Waals surface area contributed by atoms with Gasteiger partial charge in [0.2, 0.25) is 0 Å². The van der Waals surface area contributed by atoms with Crippen LogP contribution in [-0.2, 0) is 10.5 Å². The molecule has 31 heavy (non-hydrogen) atoms. The third-order valence-electron chi connectivity index (χ3n) is 4.82. The van der Waals surface area contributed by atoms with Crippen molar-refractivity contribution in [1.29, 1.82) is 0 Å². The molecular formula is C24H19BrClNO3S. The van der Waals surface area contributed by atoms with Gasteiger partial charge >= 0.3 is 5.97 Å². The molecule has 0 spiro atoms. The Morgan fingerprint density at radius 1 is 1.13 bits per heavy atom. The summed E-state index contributed by atoms with van der Waals surface area (Å²) in [6.07, 6.45) is 0. The van der Waals surface area contributed by atoms with E-state index in [2.05, 4.69) is 15.9 Å². The van der Waals surface area contributed by atoms with Crippen molar-refractivity contribution in [3.63, 3.8) is 0 Å². The monoisotopic (exact) mass is 515 g/mol. The minimum absolute atomic E-state index is 0.0635. The Morgan fingerprint density at radius 3 is 2.52 bits per heavy atom. The highest BCUT2D eigenvalue weighted by molar-refractivity contribution is 9.10. The number of halogens is 2. The van der Waals surface area contributed by atoms with Gasteiger partial charge in [0.15, 0.2) is 0 Å². The van der Waals surface area contributed by atoms with Crippen molar-refractivity contribution in [1.82, 2.24) is 4.57 Å². The van der Waals surface area contributed by atoms with Gasteiger partial charge in [0, 0.05) is 32.4 Å². The minimum atomic E-state index is -0.411. The molecule has 0 aliphatic carbocycles. The number of esters is 1. The van der Waals surface area contributed by atoms with Crippen LogP contribution in [0.2, 0.25) is 5.02 Å². The average Bonchev–Trinajstić information content (AvgIpc) is 3.07. The van der Waals surface area contributed by atoms with Crippen molar-refractivity contribution in [3.8, 4) is 11.4 Å². The minimum Gasteiger partial charge on any atom is -0.507 e. The number of hydrogen-bond donors (Lipinski definition) is 1. The molecular weight excluding hydrogens is 498 g/mol. The van der Waals surface area contributed by atoms with Gasteiger partial charge in [-0.2, -0.15) is 0 Å². The van der Waals surface area contributed by atoms with Crippen LogP contribution >= 0.6 is 39.3 Å². The molecule has 1 aromatic heterocycles. The molecule has 0 saturated heterocycles. The lowest BCUT2D eigenvalue weighted by atomic mass is 10.1. The fraction of sp³-hybridized carbons (Fsp3) is 0.125. The SMILES string of the molecule is CCOC(=O)c1c(CSc2ccccc2)n(-c2ccc(Cl)cc2)c2cc(Br)c(O)cc12. The second-order valence-electron chi connectivity index (χ2n) is 6.78. The fourth-order valence-corrected chi connectivity index (χ4v) is 4.85. The maximum atomic E-state index is 13.0. The normalized spacial score (nSPS) is 11.1. The molecule has 0 aliphatic heterocycles. The highest BCUT2D eigenvalue weighted by atomic mass is 79.9. The predicted molar refractivity (Wildman–Crippen MR) is 130 cm³/mol. The Hall–Kier alpha value is -2.41. The Balaban J connectivity index is 1.97. The Bertz CT molecular complexity index is 1240. The number of hydrogen-bond acceptors (Lipinski definition) is 4. The zero-order valence-electron chi connectivity index (χ0n) is 16.6. The van der Waals surface area contributed by atoms with Crippen LogP contribution in [0.5, 0.6) is 5.75 Å². The van der Waals surface area contributed by atoms with Crippen molar-refractivity contribution in [3.05, 3.63) is 87.5 Å². The third-order valence-corrected chi connectivity index (χ3v) is 6.73. The molecule has 0 aliphatic rings. The van der Waals surface area contributed by atoms with Gasteiger partial charge in [0.1, 0.15) is 5.75 Å². The first-order valence-electron chi connectivity index (χ1n) is 9.66. The number of ether oxygens (including phenoxy) is 1. The van der Waals surface area contributed by atoms with Crippen molar-refractivity contribution >= 4 is 56.2 Å². The highest BCUT2D eigenvalue weighted by Gasteiger charge is 2.25. The molecule has 1 N–H and O–H groups in total. The molecule has 0 saturated carbocycles. The van der Waals surface area contributed by atoms with E-state index < -0.39 is 5.97 Å². The van der Waals surface area contributed by atoms with Gasteiger partial charge in [-0.3, -0.25) is 0 Å². The lowest BCUT2D eigenvalue weighted by Gasteiger charge is -2.13. The van der Waals surface area contributed by atoms with E-state index in [0.717, 1.165) is 21.8 Å². The quantitative estimate of drug-likeness (QED) is 0.217. The van der Waals surface area contributed by atoms with Crippen LogP contribution in [0.15, 0.2) is 76.1 Å². The van der Waals surface area contributed by atoms with E-state index in [1.165, 1.54) is 0 Å². The van der Waals surface area contributed by atoms with Gasteiger partial charge in [0.05, 0.1) is 22.2 Å². The second-order valence-corrected chi connectivity index (χ2v) is 9.12. The van der Waals surface area contributed by atoms with Crippen LogP contribution in [-0.4, -0.2) is 22.2 Å². The van der Waals surface area contributed by atoms with Crippen molar-refractivity contribution in [2.24, 2.45) is 0 Å². The molecule has 158 valence electrons. The number of nitrogens with zero attached hydrogens (tertiary/aromatic N) is 1. The van der Waals surface area contributed by atoms with Crippen LogP contribution in [0.25, 0.3) is 16.6 Å². The summed E-state index contributed by atoms with van der Waals surface area (Å²) < 4.78 is 7.96. The number of phenolic OH excluding ortho intramolecular Hbond substituents is 1. The summed E-state index contributed by atoms with van der Waals surface area (Å²) in [6.45, 7) is 2.04. The van der Waals surface area contributed by atoms with Gasteiger partial charge in [-0.15, -0.1) is 11.8 Å². The topological polar surface area (TPSA) is 51.5 Å². The Kier molecular flexibility index (Phi) is 6.60. The van der Waals surface area contributed by atoms with Crippen LogP contribution in [0.3, 0.4) is 0 Å². The van der Waals surface area contributed by atoms with Gasteiger partial charge in [-0.25, -0.2) is 4.79 Å². The summed E-state index contributed by atoms with van der Waals surface area (Å²) in [4.78, 5) is 14.1. The standard InChI is InChI=1S/C24H19BrClNO3S/c1-2-30-24(29)23-18-12-22(28)19(25)13-20(18)27(16-10-8-15(26)9-11-16)21(23)14-31-17-6-4-3-5-7-17/h3-13,28H,2,14H2,1H3. The Labute approximate surface area is 197 Å². The van der Waals surface area contributed by atoms with Crippen LogP contribution in [0, 0.1) is 0 Å². The maximum Gasteiger partial charge on any atom is 0.340 e. The Morgan fingerprint density at radius 2 is 1.84 bits per heavy atom. The van der Waals surface area contributed by atoms with Crippen LogP contribution in [0.4, 0.5) is 0 Å².